The first-order valence-corrected chi connectivity index (χ1v) is 5.61. The minimum absolute atomic E-state index is 0.0426. The zero-order valence-electron chi connectivity index (χ0n) is 9.13. The van der Waals surface area contributed by atoms with E-state index in [-0.39, 0.29) is 18.0 Å². The van der Waals surface area contributed by atoms with Crippen molar-refractivity contribution in [3.8, 4) is 0 Å². The minimum atomic E-state index is -0.555. The second-order valence-electron chi connectivity index (χ2n) is 4.54. The first kappa shape index (κ1) is 9.78. The summed E-state index contributed by atoms with van der Waals surface area (Å²) in [6, 6.07) is 1.94. The molecule has 1 saturated heterocycles. The highest BCUT2D eigenvalue weighted by Crippen LogP contribution is 2.47. The summed E-state index contributed by atoms with van der Waals surface area (Å²) in [4.78, 5) is 17.5. The van der Waals surface area contributed by atoms with Gasteiger partial charge in [-0.3, -0.25) is 9.78 Å². The molecule has 84 valence electrons. The smallest absolute Gasteiger partial charge is 0.220 e. The van der Waals surface area contributed by atoms with Crippen LogP contribution in [0, 0.1) is 0 Å². The Morgan fingerprint density at radius 2 is 2.31 bits per heavy atom. The van der Waals surface area contributed by atoms with Gasteiger partial charge in [0.1, 0.15) is 0 Å². The molecule has 0 saturated carbocycles. The summed E-state index contributed by atoms with van der Waals surface area (Å²) in [7, 11) is 0. The second-order valence-corrected chi connectivity index (χ2v) is 4.54. The normalized spacial score (nSPS) is 31.4. The van der Waals surface area contributed by atoms with Crippen molar-refractivity contribution in [2.45, 2.75) is 38.0 Å². The lowest BCUT2D eigenvalue weighted by molar-refractivity contribution is -0.135. The topological polar surface area (TPSA) is 53.4 Å². The van der Waals surface area contributed by atoms with Crippen LogP contribution in [0.1, 0.15) is 43.0 Å². The summed E-state index contributed by atoms with van der Waals surface area (Å²) in [6.07, 6.45) is 4.73. The number of carbonyl (C=O) groups is 1. The van der Waals surface area contributed by atoms with E-state index < -0.39 is 6.10 Å². The number of pyridine rings is 1. The monoisotopic (exact) mass is 218 g/mol. The van der Waals surface area contributed by atoms with Gasteiger partial charge in [0.05, 0.1) is 18.2 Å². The zero-order chi connectivity index (χ0) is 11.3. The molecule has 4 nitrogen and oxygen atoms in total. The van der Waals surface area contributed by atoms with Gasteiger partial charge in [-0.25, -0.2) is 0 Å². The van der Waals surface area contributed by atoms with Crippen molar-refractivity contribution >= 4 is 5.91 Å². The molecule has 2 aliphatic heterocycles. The molecular formula is C12H14N2O2. The van der Waals surface area contributed by atoms with Crippen molar-refractivity contribution in [1.29, 1.82) is 0 Å². The van der Waals surface area contributed by atoms with Gasteiger partial charge in [0.15, 0.2) is 0 Å². The van der Waals surface area contributed by atoms with Crippen LogP contribution in [-0.4, -0.2) is 26.9 Å². The maximum absolute atomic E-state index is 11.6. The quantitative estimate of drug-likeness (QED) is 0.711. The molecule has 2 bridgehead atoms. The Bertz CT molecular complexity index is 446. The average Bonchev–Trinajstić information content (AvgIpc) is 2.67. The van der Waals surface area contributed by atoms with E-state index in [9.17, 15) is 9.90 Å². The number of aliphatic hydroxyl groups excluding tert-OH is 1. The molecule has 16 heavy (non-hydrogen) atoms. The SMILES string of the molecule is CC(=O)N1[C@@H]2CC[C@H]1[C@@H](O)c1ccncc12. The number of fused-ring (bicyclic) bond motifs is 4. The molecule has 0 unspecified atom stereocenters. The van der Waals surface area contributed by atoms with E-state index in [4.69, 9.17) is 0 Å². The first-order valence-electron chi connectivity index (χ1n) is 5.61. The summed E-state index contributed by atoms with van der Waals surface area (Å²) in [5, 5.41) is 10.2. The van der Waals surface area contributed by atoms with Crippen molar-refractivity contribution in [1.82, 2.24) is 9.88 Å². The first-order chi connectivity index (χ1) is 7.70. The molecule has 1 fully saturated rings. The van der Waals surface area contributed by atoms with Gasteiger partial charge in [-0.05, 0) is 30.0 Å². The number of carbonyl (C=O) groups excluding carboxylic acids is 1. The van der Waals surface area contributed by atoms with Gasteiger partial charge in [-0.1, -0.05) is 0 Å². The Balaban J connectivity index is 2.14. The summed E-state index contributed by atoms with van der Waals surface area (Å²) < 4.78 is 0. The number of rotatable bonds is 0. The van der Waals surface area contributed by atoms with Gasteiger partial charge in [0.2, 0.25) is 5.91 Å². The zero-order valence-corrected chi connectivity index (χ0v) is 9.13. The predicted molar refractivity (Wildman–Crippen MR) is 57.5 cm³/mol. The lowest BCUT2D eigenvalue weighted by Crippen LogP contribution is -2.43. The minimum Gasteiger partial charge on any atom is -0.386 e. The van der Waals surface area contributed by atoms with Crippen LogP contribution in [0.25, 0.3) is 0 Å². The van der Waals surface area contributed by atoms with Gasteiger partial charge in [-0.15, -0.1) is 0 Å². The van der Waals surface area contributed by atoms with Crippen molar-refractivity contribution in [3.05, 3.63) is 29.6 Å². The maximum Gasteiger partial charge on any atom is 0.220 e. The molecule has 4 heteroatoms. The van der Waals surface area contributed by atoms with E-state index in [0.717, 1.165) is 24.0 Å². The predicted octanol–water partition coefficient (Wildman–Crippen LogP) is 1.18. The number of hydrogen-bond acceptors (Lipinski definition) is 3. The molecule has 1 N–H and O–H groups in total. The Hall–Kier alpha value is -1.42. The number of aromatic nitrogens is 1. The molecule has 3 heterocycles. The van der Waals surface area contributed by atoms with Crippen LogP contribution < -0.4 is 0 Å². The molecule has 0 aliphatic carbocycles. The highest BCUT2D eigenvalue weighted by atomic mass is 16.3. The van der Waals surface area contributed by atoms with E-state index in [1.807, 2.05) is 11.0 Å². The molecular weight excluding hydrogens is 204 g/mol. The molecule has 1 aromatic rings. The van der Waals surface area contributed by atoms with Crippen LogP contribution in [-0.2, 0) is 4.79 Å². The van der Waals surface area contributed by atoms with Gasteiger partial charge in [0.25, 0.3) is 0 Å². The third-order valence-corrected chi connectivity index (χ3v) is 3.72. The summed E-state index contributed by atoms with van der Waals surface area (Å²) >= 11 is 0. The molecule has 1 amide bonds. The summed E-state index contributed by atoms with van der Waals surface area (Å²) in [5.74, 6) is 0.0426. The van der Waals surface area contributed by atoms with Gasteiger partial charge >= 0.3 is 0 Å². The second kappa shape index (κ2) is 3.28. The largest absolute Gasteiger partial charge is 0.386 e. The van der Waals surface area contributed by atoms with Gasteiger partial charge in [0, 0.05) is 19.3 Å². The third kappa shape index (κ3) is 1.13. The number of aliphatic hydroxyl groups is 1. The molecule has 0 aromatic carbocycles. The Morgan fingerprint density at radius 3 is 3.06 bits per heavy atom. The lowest BCUT2D eigenvalue weighted by Gasteiger charge is -2.38. The van der Waals surface area contributed by atoms with E-state index in [0.29, 0.717) is 0 Å². The standard InChI is InChI=1S/C12H14N2O2/c1-7(15)14-10-2-3-11(14)12(16)8-4-5-13-6-9(8)10/h4-6,10-12,16H,2-3H2,1H3/t10-,11+,12+/m1/s1. The molecule has 1 aromatic heterocycles. The van der Waals surface area contributed by atoms with Crippen LogP contribution in [0.3, 0.4) is 0 Å². The van der Waals surface area contributed by atoms with Crippen LogP contribution in [0.2, 0.25) is 0 Å². The van der Waals surface area contributed by atoms with E-state index in [1.54, 1.807) is 19.3 Å². The molecule has 2 aliphatic rings. The average molecular weight is 218 g/mol. The van der Waals surface area contributed by atoms with Gasteiger partial charge in [-0.2, -0.15) is 0 Å². The lowest BCUT2D eigenvalue weighted by atomic mass is 9.92. The molecule has 3 atom stereocenters. The van der Waals surface area contributed by atoms with Crippen molar-refractivity contribution < 1.29 is 9.90 Å². The van der Waals surface area contributed by atoms with E-state index in [2.05, 4.69) is 4.98 Å². The van der Waals surface area contributed by atoms with Crippen LogP contribution in [0.15, 0.2) is 18.5 Å². The van der Waals surface area contributed by atoms with E-state index >= 15 is 0 Å². The fourth-order valence-corrected chi connectivity index (χ4v) is 3.08. The summed E-state index contributed by atoms with van der Waals surface area (Å²) in [5.41, 5.74) is 1.96. The van der Waals surface area contributed by atoms with Crippen molar-refractivity contribution in [2.24, 2.45) is 0 Å². The number of hydrogen-bond donors (Lipinski definition) is 1. The van der Waals surface area contributed by atoms with Crippen molar-refractivity contribution in [2.75, 3.05) is 0 Å². The van der Waals surface area contributed by atoms with E-state index in [1.165, 1.54) is 0 Å². The van der Waals surface area contributed by atoms with Crippen LogP contribution in [0.4, 0.5) is 0 Å². The Kier molecular flexibility index (Phi) is 2.01. The Morgan fingerprint density at radius 1 is 1.50 bits per heavy atom. The van der Waals surface area contributed by atoms with Crippen LogP contribution >= 0.6 is 0 Å². The van der Waals surface area contributed by atoms with Crippen molar-refractivity contribution in [3.63, 3.8) is 0 Å². The molecule has 0 spiro atoms. The molecule has 3 rings (SSSR count). The summed E-state index contributed by atoms with van der Waals surface area (Å²) in [6.45, 7) is 1.57. The highest BCUT2D eigenvalue weighted by Gasteiger charge is 2.46. The fourth-order valence-electron chi connectivity index (χ4n) is 3.08. The number of nitrogens with zero attached hydrogens (tertiary/aromatic N) is 2. The van der Waals surface area contributed by atoms with Gasteiger partial charge < -0.3 is 10.0 Å². The molecule has 0 radical (unpaired) electrons. The Labute approximate surface area is 93.9 Å². The number of amides is 1. The fraction of sp³-hybridized carbons (Fsp3) is 0.500. The maximum atomic E-state index is 11.6. The third-order valence-electron chi connectivity index (χ3n) is 3.72. The van der Waals surface area contributed by atoms with Crippen LogP contribution in [0.5, 0.6) is 0 Å². The highest BCUT2D eigenvalue weighted by molar-refractivity contribution is 5.75.